The molecule has 0 saturated carbocycles. The van der Waals surface area contributed by atoms with E-state index in [-0.39, 0.29) is 18.6 Å². The van der Waals surface area contributed by atoms with Crippen molar-refractivity contribution in [2.24, 2.45) is 18.7 Å². The SMILES string of the molecule is Cn1c(=O)oc2ccc(-c3ccc(C[C@@H](C#N)NC(=O)[C@@H]4COCC[C@@H]4N)cc3)cc21. The van der Waals surface area contributed by atoms with Crippen LogP contribution in [-0.4, -0.2) is 35.8 Å². The normalized spacial score (nSPS) is 19.6. The molecular weight excluding hydrogens is 396 g/mol. The average Bonchev–Trinajstić information content (AvgIpc) is 3.07. The van der Waals surface area contributed by atoms with Crippen LogP contribution in [0.2, 0.25) is 0 Å². The van der Waals surface area contributed by atoms with E-state index in [9.17, 15) is 14.9 Å². The van der Waals surface area contributed by atoms with Gasteiger partial charge in [-0.2, -0.15) is 5.26 Å². The Morgan fingerprint density at radius 2 is 2.03 bits per heavy atom. The third-order valence-electron chi connectivity index (χ3n) is 5.74. The Hall–Kier alpha value is -3.41. The van der Waals surface area contributed by atoms with E-state index in [1.807, 2.05) is 36.4 Å². The zero-order valence-electron chi connectivity index (χ0n) is 17.2. The number of amides is 1. The van der Waals surface area contributed by atoms with E-state index < -0.39 is 17.7 Å². The van der Waals surface area contributed by atoms with Crippen molar-refractivity contribution >= 4 is 17.0 Å². The molecule has 3 atom stereocenters. The Labute approximate surface area is 179 Å². The van der Waals surface area contributed by atoms with E-state index in [0.717, 1.165) is 22.2 Å². The van der Waals surface area contributed by atoms with Crippen LogP contribution in [0.5, 0.6) is 0 Å². The van der Waals surface area contributed by atoms with Crippen molar-refractivity contribution in [2.45, 2.75) is 24.9 Å². The standard InChI is InChI=1S/C23H24N4O4/c1-27-20-11-16(6-7-21(20)31-23(27)29)15-4-2-14(3-5-15)10-17(12-24)26-22(28)18-13-30-9-8-19(18)25/h2-7,11,17-19H,8-10,13,25H2,1H3,(H,26,28)/t17-,18+,19-/m0/s1. The molecule has 2 heterocycles. The predicted octanol–water partition coefficient (Wildman–Crippen LogP) is 1.71. The molecule has 0 unspecified atom stereocenters. The molecular formula is C23H24N4O4. The Morgan fingerprint density at radius 3 is 2.74 bits per heavy atom. The first-order valence-electron chi connectivity index (χ1n) is 10.2. The third-order valence-corrected chi connectivity index (χ3v) is 5.74. The predicted molar refractivity (Wildman–Crippen MR) is 115 cm³/mol. The molecule has 0 radical (unpaired) electrons. The van der Waals surface area contributed by atoms with Crippen molar-refractivity contribution in [1.29, 1.82) is 5.26 Å². The van der Waals surface area contributed by atoms with Crippen LogP contribution in [0.15, 0.2) is 51.7 Å². The van der Waals surface area contributed by atoms with Gasteiger partial charge in [0.15, 0.2) is 5.58 Å². The number of benzene rings is 2. The Morgan fingerprint density at radius 1 is 1.29 bits per heavy atom. The van der Waals surface area contributed by atoms with Crippen LogP contribution >= 0.6 is 0 Å². The topological polar surface area (TPSA) is 123 Å². The van der Waals surface area contributed by atoms with E-state index in [0.29, 0.717) is 25.0 Å². The molecule has 3 aromatic rings. The molecule has 0 spiro atoms. The molecule has 3 N–H and O–H groups in total. The highest BCUT2D eigenvalue weighted by molar-refractivity contribution is 5.81. The highest BCUT2D eigenvalue weighted by Crippen LogP contribution is 2.24. The number of aromatic nitrogens is 1. The fraction of sp³-hybridized carbons (Fsp3) is 0.348. The molecule has 1 aliphatic rings. The fourth-order valence-corrected chi connectivity index (χ4v) is 3.81. The number of nitrogens with one attached hydrogen (secondary N) is 1. The van der Waals surface area contributed by atoms with Gasteiger partial charge in [0.05, 0.1) is 24.1 Å². The summed E-state index contributed by atoms with van der Waals surface area (Å²) in [4.78, 5) is 24.2. The number of carbonyl (C=O) groups excluding carboxylic acids is 1. The molecule has 0 bridgehead atoms. The summed E-state index contributed by atoms with van der Waals surface area (Å²) < 4.78 is 12.0. The second-order valence-electron chi connectivity index (χ2n) is 7.83. The number of nitrogens with zero attached hydrogens (tertiary/aromatic N) is 2. The number of oxazole rings is 1. The van der Waals surface area contributed by atoms with E-state index in [2.05, 4.69) is 11.4 Å². The maximum atomic E-state index is 12.5. The van der Waals surface area contributed by atoms with Crippen LogP contribution in [0.1, 0.15) is 12.0 Å². The first-order valence-corrected chi connectivity index (χ1v) is 10.2. The van der Waals surface area contributed by atoms with Gasteiger partial charge in [0.2, 0.25) is 5.91 Å². The lowest BCUT2D eigenvalue weighted by molar-refractivity contribution is -0.130. The highest BCUT2D eigenvalue weighted by Gasteiger charge is 2.30. The van der Waals surface area contributed by atoms with Crippen LogP contribution in [0.3, 0.4) is 0 Å². The number of fused-ring (bicyclic) bond motifs is 1. The molecule has 1 aliphatic heterocycles. The van der Waals surface area contributed by atoms with Gasteiger partial charge >= 0.3 is 5.76 Å². The molecule has 1 fully saturated rings. The highest BCUT2D eigenvalue weighted by atomic mass is 16.5. The Balaban J connectivity index is 1.45. The van der Waals surface area contributed by atoms with Crippen LogP contribution in [0.25, 0.3) is 22.2 Å². The number of rotatable bonds is 5. The maximum Gasteiger partial charge on any atom is 0.419 e. The molecule has 1 saturated heterocycles. The number of hydrogen-bond acceptors (Lipinski definition) is 6. The zero-order valence-corrected chi connectivity index (χ0v) is 17.2. The van der Waals surface area contributed by atoms with Crippen LogP contribution in [0, 0.1) is 17.2 Å². The molecule has 8 heteroatoms. The molecule has 1 amide bonds. The lowest BCUT2D eigenvalue weighted by Crippen LogP contribution is -2.50. The maximum absolute atomic E-state index is 12.5. The fourth-order valence-electron chi connectivity index (χ4n) is 3.81. The lowest BCUT2D eigenvalue weighted by atomic mass is 9.95. The van der Waals surface area contributed by atoms with Gasteiger partial charge in [0, 0.05) is 26.1 Å². The average molecular weight is 420 g/mol. The monoisotopic (exact) mass is 420 g/mol. The van der Waals surface area contributed by atoms with Gasteiger partial charge in [-0.15, -0.1) is 0 Å². The summed E-state index contributed by atoms with van der Waals surface area (Å²) in [5, 5.41) is 12.3. The summed E-state index contributed by atoms with van der Waals surface area (Å²) in [7, 11) is 1.67. The summed E-state index contributed by atoms with van der Waals surface area (Å²) in [5.74, 6) is -1.07. The molecule has 1 aromatic heterocycles. The van der Waals surface area contributed by atoms with Gasteiger partial charge in [0.1, 0.15) is 6.04 Å². The van der Waals surface area contributed by atoms with Crippen molar-refractivity contribution in [3.63, 3.8) is 0 Å². The Bertz CT molecular complexity index is 1190. The van der Waals surface area contributed by atoms with Crippen LogP contribution in [0.4, 0.5) is 0 Å². The number of aryl methyl sites for hydroxylation is 1. The lowest BCUT2D eigenvalue weighted by Gasteiger charge is -2.28. The summed E-state index contributed by atoms with van der Waals surface area (Å²) in [6.07, 6.45) is 1.02. The van der Waals surface area contributed by atoms with Crippen LogP contribution < -0.4 is 16.8 Å². The number of nitriles is 1. The summed E-state index contributed by atoms with van der Waals surface area (Å²) in [6, 6.07) is 14.6. The minimum Gasteiger partial charge on any atom is -0.408 e. The van der Waals surface area contributed by atoms with Gasteiger partial charge in [-0.1, -0.05) is 30.3 Å². The van der Waals surface area contributed by atoms with Crippen molar-refractivity contribution in [3.05, 3.63) is 58.6 Å². The molecule has 4 rings (SSSR count). The summed E-state index contributed by atoms with van der Waals surface area (Å²) in [5.41, 5.74) is 10.1. The number of hydrogen-bond donors (Lipinski definition) is 2. The second kappa shape index (κ2) is 8.76. The van der Waals surface area contributed by atoms with Gasteiger partial charge in [-0.3, -0.25) is 9.36 Å². The second-order valence-corrected chi connectivity index (χ2v) is 7.83. The van der Waals surface area contributed by atoms with Crippen molar-refractivity contribution in [3.8, 4) is 17.2 Å². The quantitative estimate of drug-likeness (QED) is 0.648. The number of carbonyl (C=O) groups is 1. The first-order chi connectivity index (χ1) is 15.0. The zero-order chi connectivity index (χ0) is 22.0. The van der Waals surface area contributed by atoms with E-state index in [1.54, 1.807) is 13.1 Å². The minimum atomic E-state index is -0.649. The summed E-state index contributed by atoms with van der Waals surface area (Å²) in [6.45, 7) is 0.843. The molecule has 0 aliphatic carbocycles. The molecule has 2 aromatic carbocycles. The van der Waals surface area contributed by atoms with E-state index in [1.165, 1.54) is 4.57 Å². The van der Waals surface area contributed by atoms with Gasteiger partial charge in [0.25, 0.3) is 0 Å². The Kier molecular flexibility index (Phi) is 5.89. The van der Waals surface area contributed by atoms with Gasteiger partial charge in [-0.05, 0) is 35.2 Å². The van der Waals surface area contributed by atoms with E-state index in [4.69, 9.17) is 14.9 Å². The minimum absolute atomic E-state index is 0.241. The summed E-state index contributed by atoms with van der Waals surface area (Å²) >= 11 is 0. The number of ether oxygens (including phenoxy) is 1. The number of nitrogens with two attached hydrogens (primary N) is 1. The molecule has 31 heavy (non-hydrogen) atoms. The first kappa shape index (κ1) is 20.8. The van der Waals surface area contributed by atoms with Crippen LogP contribution in [-0.2, 0) is 23.0 Å². The van der Waals surface area contributed by atoms with Gasteiger partial charge < -0.3 is 20.2 Å². The van der Waals surface area contributed by atoms with Crippen molar-refractivity contribution in [1.82, 2.24) is 9.88 Å². The largest absolute Gasteiger partial charge is 0.419 e. The van der Waals surface area contributed by atoms with Crippen molar-refractivity contribution in [2.75, 3.05) is 13.2 Å². The molecule has 160 valence electrons. The smallest absolute Gasteiger partial charge is 0.408 e. The molecule has 8 nitrogen and oxygen atoms in total. The van der Waals surface area contributed by atoms with Gasteiger partial charge in [-0.25, -0.2) is 4.79 Å². The third kappa shape index (κ3) is 4.38. The van der Waals surface area contributed by atoms with E-state index >= 15 is 0 Å². The van der Waals surface area contributed by atoms with Crippen molar-refractivity contribution < 1.29 is 13.9 Å².